The van der Waals surface area contributed by atoms with Gasteiger partial charge in [-0.1, -0.05) is 11.8 Å². The standard InChI is InChI=1S/C10H11N3O3/c1-7-8(4-3-5-11)6-12-10(16-2)9(7)13(14)15/h6H,5,11H2,1-2H3. The monoisotopic (exact) mass is 221 g/mol. The van der Waals surface area contributed by atoms with E-state index in [9.17, 15) is 10.1 Å². The summed E-state index contributed by atoms with van der Waals surface area (Å²) in [7, 11) is 1.33. The van der Waals surface area contributed by atoms with Crippen LogP contribution >= 0.6 is 0 Å². The molecule has 0 saturated carbocycles. The van der Waals surface area contributed by atoms with Gasteiger partial charge < -0.3 is 10.5 Å². The van der Waals surface area contributed by atoms with Crippen molar-refractivity contribution >= 4 is 5.69 Å². The van der Waals surface area contributed by atoms with E-state index in [2.05, 4.69) is 16.8 Å². The average molecular weight is 221 g/mol. The second-order valence-corrected chi connectivity index (χ2v) is 2.92. The molecule has 0 fully saturated rings. The van der Waals surface area contributed by atoms with Crippen molar-refractivity contribution < 1.29 is 9.66 Å². The van der Waals surface area contributed by atoms with Gasteiger partial charge in [0.1, 0.15) is 0 Å². The van der Waals surface area contributed by atoms with Gasteiger partial charge in [0.25, 0.3) is 5.88 Å². The molecule has 0 aliphatic rings. The molecule has 1 aromatic heterocycles. The molecule has 0 aliphatic carbocycles. The molecule has 0 aromatic carbocycles. The molecule has 0 aliphatic heterocycles. The lowest BCUT2D eigenvalue weighted by Crippen LogP contribution is -2.01. The highest BCUT2D eigenvalue weighted by Gasteiger charge is 2.21. The number of pyridine rings is 1. The van der Waals surface area contributed by atoms with E-state index >= 15 is 0 Å². The van der Waals surface area contributed by atoms with Crippen molar-refractivity contribution in [3.8, 4) is 17.7 Å². The molecule has 2 N–H and O–H groups in total. The summed E-state index contributed by atoms with van der Waals surface area (Å²) in [5.41, 5.74) is 5.98. The van der Waals surface area contributed by atoms with Crippen LogP contribution in [0.2, 0.25) is 0 Å². The molecular weight excluding hydrogens is 210 g/mol. The second kappa shape index (κ2) is 5.09. The Bertz CT molecular complexity index is 474. The van der Waals surface area contributed by atoms with Gasteiger partial charge >= 0.3 is 5.69 Å². The van der Waals surface area contributed by atoms with Gasteiger partial charge in [0.05, 0.1) is 24.1 Å². The first kappa shape index (κ1) is 11.9. The summed E-state index contributed by atoms with van der Waals surface area (Å²) in [6.07, 6.45) is 1.43. The molecular formula is C10H11N3O3. The lowest BCUT2D eigenvalue weighted by Gasteiger charge is -2.04. The highest BCUT2D eigenvalue weighted by Crippen LogP contribution is 2.29. The van der Waals surface area contributed by atoms with E-state index in [1.807, 2.05) is 0 Å². The van der Waals surface area contributed by atoms with E-state index in [1.54, 1.807) is 6.92 Å². The van der Waals surface area contributed by atoms with Gasteiger partial charge in [-0.25, -0.2) is 4.98 Å². The number of rotatable bonds is 2. The summed E-state index contributed by atoms with van der Waals surface area (Å²) in [6.45, 7) is 1.79. The van der Waals surface area contributed by atoms with Crippen molar-refractivity contribution in [2.45, 2.75) is 6.92 Å². The molecule has 0 saturated heterocycles. The van der Waals surface area contributed by atoms with Crippen LogP contribution in [0.3, 0.4) is 0 Å². The zero-order chi connectivity index (χ0) is 12.1. The first-order valence-corrected chi connectivity index (χ1v) is 4.48. The maximum atomic E-state index is 10.8. The highest BCUT2D eigenvalue weighted by molar-refractivity contribution is 5.55. The molecule has 0 unspecified atom stereocenters. The largest absolute Gasteiger partial charge is 0.476 e. The number of hydrogen-bond acceptors (Lipinski definition) is 5. The minimum Gasteiger partial charge on any atom is -0.476 e. The molecule has 0 spiro atoms. The summed E-state index contributed by atoms with van der Waals surface area (Å²) in [6, 6.07) is 0. The Morgan fingerprint density at radius 3 is 2.88 bits per heavy atom. The van der Waals surface area contributed by atoms with Crippen molar-refractivity contribution in [3.05, 3.63) is 27.4 Å². The predicted molar refractivity (Wildman–Crippen MR) is 58.1 cm³/mol. The number of hydrogen-bond donors (Lipinski definition) is 1. The molecule has 6 heteroatoms. The average Bonchev–Trinajstić information content (AvgIpc) is 2.26. The summed E-state index contributed by atoms with van der Waals surface area (Å²) in [5.74, 6) is 5.33. The predicted octanol–water partition coefficient (Wildman–Crippen LogP) is 0.617. The summed E-state index contributed by atoms with van der Waals surface area (Å²) >= 11 is 0. The molecule has 1 heterocycles. The first-order chi connectivity index (χ1) is 7.61. The third kappa shape index (κ3) is 2.27. The van der Waals surface area contributed by atoms with Crippen LogP contribution in [0, 0.1) is 28.9 Å². The number of aromatic nitrogens is 1. The van der Waals surface area contributed by atoms with Crippen LogP contribution in [0.1, 0.15) is 11.1 Å². The van der Waals surface area contributed by atoms with E-state index in [4.69, 9.17) is 10.5 Å². The van der Waals surface area contributed by atoms with Crippen LogP contribution in [0.4, 0.5) is 5.69 Å². The Morgan fingerprint density at radius 2 is 2.38 bits per heavy atom. The van der Waals surface area contributed by atoms with Gasteiger partial charge in [0, 0.05) is 11.8 Å². The van der Waals surface area contributed by atoms with E-state index in [0.717, 1.165) is 0 Å². The summed E-state index contributed by atoms with van der Waals surface area (Å²) in [5, 5.41) is 10.8. The molecule has 1 aromatic rings. The molecule has 84 valence electrons. The van der Waals surface area contributed by atoms with Crippen molar-refractivity contribution in [2.24, 2.45) is 5.73 Å². The van der Waals surface area contributed by atoms with Crippen molar-refractivity contribution in [2.75, 3.05) is 13.7 Å². The van der Waals surface area contributed by atoms with Gasteiger partial charge in [0.15, 0.2) is 0 Å². The van der Waals surface area contributed by atoms with Gasteiger partial charge in [-0.15, -0.1) is 0 Å². The Labute approximate surface area is 92.6 Å². The molecule has 1 rings (SSSR count). The topological polar surface area (TPSA) is 91.3 Å². The van der Waals surface area contributed by atoms with Crippen LogP contribution in [0.5, 0.6) is 5.88 Å². The Hall–Kier alpha value is -2.13. The van der Waals surface area contributed by atoms with Crippen LogP contribution in [-0.2, 0) is 0 Å². The van der Waals surface area contributed by atoms with E-state index in [0.29, 0.717) is 11.1 Å². The van der Waals surface area contributed by atoms with Crippen LogP contribution in [0.25, 0.3) is 0 Å². The Morgan fingerprint density at radius 1 is 1.69 bits per heavy atom. The Balaban J connectivity index is 3.37. The van der Waals surface area contributed by atoms with Crippen LogP contribution in [0.15, 0.2) is 6.20 Å². The smallest absolute Gasteiger partial charge is 0.335 e. The lowest BCUT2D eigenvalue weighted by atomic mass is 10.1. The highest BCUT2D eigenvalue weighted by atomic mass is 16.6. The fourth-order valence-electron chi connectivity index (χ4n) is 1.21. The number of nitro groups is 1. The normalized spacial score (nSPS) is 9.19. The van der Waals surface area contributed by atoms with Gasteiger partial charge in [0.2, 0.25) is 0 Å². The third-order valence-corrected chi connectivity index (χ3v) is 1.97. The third-order valence-electron chi connectivity index (χ3n) is 1.97. The van der Waals surface area contributed by atoms with Crippen molar-refractivity contribution in [1.82, 2.24) is 4.98 Å². The van der Waals surface area contributed by atoms with Crippen molar-refractivity contribution in [3.63, 3.8) is 0 Å². The minimum atomic E-state index is -0.533. The first-order valence-electron chi connectivity index (χ1n) is 4.48. The summed E-state index contributed by atoms with van der Waals surface area (Å²) < 4.78 is 4.82. The summed E-state index contributed by atoms with van der Waals surface area (Å²) in [4.78, 5) is 14.1. The van der Waals surface area contributed by atoms with Gasteiger partial charge in [-0.05, 0) is 6.92 Å². The molecule has 6 nitrogen and oxygen atoms in total. The van der Waals surface area contributed by atoms with Gasteiger partial charge in [-0.3, -0.25) is 10.1 Å². The zero-order valence-corrected chi connectivity index (χ0v) is 8.98. The number of methoxy groups -OCH3 is 1. The lowest BCUT2D eigenvalue weighted by molar-refractivity contribution is -0.386. The molecule has 0 radical (unpaired) electrons. The molecule has 0 amide bonds. The fraction of sp³-hybridized carbons (Fsp3) is 0.300. The minimum absolute atomic E-state index is 0.0131. The van der Waals surface area contributed by atoms with Gasteiger partial charge in [-0.2, -0.15) is 0 Å². The SMILES string of the molecule is COc1ncc(C#CCN)c(C)c1[N+](=O)[O-]. The Kier molecular flexibility index (Phi) is 3.80. The second-order valence-electron chi connectivity index (χ2n) is 2.92. The fourth-order valence-corrected chi connectivity index (χ4v) is 1.21. The molecule has 0 bridgehead atoms. The van der Waals surface area contributed by atoms with E-state index < -0.39 is 4.92 Å². The van der Waals surface area contributed by atoms with Crippen LogP contribution < -0.4 is 10.5 Å². The molecule has 16 heavy (non-hydrogen) atoms. The van der Waals surface area contributed by atoms with E-state index in [-0.39, 0.29) is 18.1 Å². The molecule has 0 atom stereocenters. The number of nitrogens with two attached hydrogens (primary N) is 1. The zero-order valence-electron chi connectivity index (χ0n) is 8.98. The quantitative estimate of drug-likeness (QED) is 0.449. The van der Waals surface area contributed by atoms with Crippen LogP contribution in [-0.4, -0.2) is 23.6 Å². The van der Waals surface area contributed by atoms with E-state index in [1.165, 1.54) is 13.3 Å². The maximum Gasteiger partial charge on any atom is 0.335 e. The maximum absolute atomic E-state index is 10.8. The van der Waals surface area contributed by atoms with Crippen molar-refractivity contribution in [1.29, 1.82) is 0 Å². The number of nitrogens with zero attached hydrogens (tertiary/aromatic N) is 2. The number of ether oxygens (including phenoxy) is 1.